The minimum atomic E-state index is 0.178. The molecule has 1 fully saturated rings. The van der Waals surface area contributed by atoms with Gasteiger partial charge in [0.2, 0.25) is 0 Å². The van der Waals surface area contributed by atoms with Crippen LogP contribution in [0.2, 0.25) is 0 Å². The Hall–Kier alpha value is -0.890. The highest BCUT2D eigenvalue weighted by Crippen LogP contribution is 2.36. The number of hydrogen-bond acceptors (Lipinski definition) is 2. The van der Waals surface area contributed by atoms with E-state index in [2.05, 4.69) is 17.1 Å². The Morgan fingerprint density at radius 1 is 1.54 bits per heavy atom. The molecule has 1 heterocycles. The Morgan fingerprint density at radius 2 is 2.31 bits per heavy atom. The lowest BCUT2D eigenvalue weighted by molar-refractivity contribution is 0.609. The third-order valence-corrected chi connectivity index (χ3v) is 2.76. The summed E-state index contributed by atoms with van der Waals surface area (Å²) in [6, 6.07) is 4.23. The van der Waals surface area contributed by atoms with Crippen LogP contribution in [0, 0.1) is 6.92 Å². The predicted octanol–water partition coefficient (Wildman–Crippen LogP) is 1.81. The van der Waals surface area contributed by atoms with Gasteiger partial charge in [0, 0.05) is 17.4 Å². The van der Waals surface area contributed by atoms with Crippen molar-refractivity contribution in [3.63, 3.8) is 0 Å². The van der Waals surface area contributed by atoms with Crippen molar-refractivity contribution in [3.8, 4) is 0 Å². The molecule has 0 aromatic carbocycles. The van der Waals surface area contributed by atoms with E-state index in [4.69, 9.17) is 5.73 Å². The molecule has 0 saturated heterocycles. The largest absolute Gasteiger partial charge is 0.325 e. The molecule has 2 heteroatoms. The molecular weight excluding hydrogens is 160 g/mol. The zero-order valence-electron chi connectivity index (χ0n) is 8.09. The molecule has 2 rings (SSSR count). The van der Waals surface area contributed by atoms with Gasteiger partial charge in [-0.2, -0.15) is 0 Å². The number of aryl methyl sites for hydroxylation is 2. The molecule has 0 spiro atoms. The summed E-state index contributed by atoms with van der Waals surface area (Å²) in [6.07, 6.45) is 6.51. The molecule has 70 valence electrons. The first-order valence-corrected chi connectivity index (χ1v) is 4.88. The van der Waals surface area contributed by atoms with Crippen molar-refractivity contribution in [2.75, 3.05) is 0 Å². The molecule has 1 aromatic heterocycles. The zero-order chi connectivity index (χ0) is 9.31. The van der Waals surface area contributed by atoms with Crippen LogP contribution in [0.4, 0.5) is 0 Å². The van der Waals surface area contributed by atoms with Crippen LogP contribution in [0.25, 0.3) is 0 Å². The quantitative estimate of drug-likeness (QED) is 0.763. The number of rotatable bonds is 3. The maximum absolute atomic E-state index is 6.02. The summed E-state index contributed by atoms with van der Waals surface area (Å²) in [5.74, 6) is 0. The molecule has 13 heavy (non-hydrogen) atoms. The van der Waals surface area contributed by atoms with Crippen LogP contribution >= 0.6 is 0 Å². The second-order valence-corrected chi connectivity index (χ2v) is 4.17. The standard InChI is InChI=1S/C11H16N2/c1-9-8-10(3-7-13-9)2-4-11(12)5-6-11/h3,7-8H,2,4-6,12H2,1H3. The fraction of sp³-hybridized carbons (Fsp3) is 0.545. The van der Waals surface area contributed by atoms with Gasteiger partial charge < -0.3 is 5.73 Å². The Morgan fingerprint density at radius 3 is 2.92 bits per heavy atom. The molecule has 1 saturated carbocycles. The van der Waals surface area contributed by atoms with Crippen molar-refractivity contribution in [1.82, 2.24) is 4.98 Å². The van der Waals surface area contributed by atoms with Gasteiger partial charge in [0.1, 0.15) is 0 Å². The first-order chi connectivity index (χ1) is 6.18. The van der Waals surface area contributed by atoms with Gasteiger partial charge in [0.25, 0.3) is 0 Å². The highest BCUT2D eigenvalue weighted by atomic mass is 14.8. The van der Waals surface area contributed by atoms with Crippen LogP contribution in [0.3, 0.4) is 0 Å². The number of aromatic nitrogens is 1. The molecule has 1 aliphatic carbocycles. The molecule has 0 unspecified atom stereocenters. The second kappa shape index (κ2) is 3.11. The molecule has 0 radical (unpaired) electrons. The second-order valence-electron chi connectivity index (χ2n) is 4.17. The fourth-order valence-electron chi connectivity index (χ4n) is 1.56. The summed E-state index contributed by atoms with van der Waals surface area (Å²) in [4.78, 5) is 4.17. The topological polar surface area (TPSA) is 38.9 Å². The first-order valence-electron chi connectivity index (χ1n) is 4.88. The molecule has 1 aromatic rings. The molecule has 0 bridgehead atoms. The van der Waals surface area contributed by atoms with Crippen molar-refractivity contribution in [2.45, 2.75) is 38.1 Å². The Bertz CT molecular complexity index is 303. The summed E-state index contributed by atoms with van der Waals surface area (Å²) in [5, 5.41) is 0. The predicted molar refractivity (Wildman–Crippen MR) is 53.4 cm³/mol. The Kier molecular flexibility index (Phi) is 2.08. The van der Waals surface area contributed by atoms with E-state index in [1.807, 2.05) is 13.1 Å². The van der Waals surface area contributed by atoms with E-state index in [9.17, 15) is 0 Å². The number of nitrogens with zero attached hydrogens (tertiary/aromatic N) is 1. The molecule has 0 aliphatic heterocycles. The van der Waals surface area contributed by atoms with Crippen molar-refractivity contribution in [3.05, 3.63) is 29.6 Å². The maximum atomic E-state index is 6.02. The third kappa shape index (κ3) is 2.28. The van der Waals surface area contributed by atoms with Gasteiger partial charge in [-0.25, -0.2) is 0 Å². The van der Waals surface area contributed by atoms with Gasteiger partial charge in [-0.05, 0) is 50.3 Å². The average Bonchev–Trinajstić information content (AvgIpc) is 2.82. The summed E-state index contributed by atoms with van der Waals surface area (Å²) < 4.78 is 0. The SMILES string of the molecule is Cc1cc(CCC2(N)CC2)ccn1. The third-order valence-electron chi connectivity index (χ3n) is 2.76. The van der Waals surface area contributed by atoms with E-state index >= 15 is 0 Å². The van der Waals surface area contributed by atoms with Gasteiger partial charge in [-0.3, -0.25) is 4.98 Å². The van der Waals surface area contributed by atoms with Crippen LogP contribution in [-0.2, 0) is 6.42 Å². The van der Waals surface area contributed by atoms with E-state index in [0.29, 0.717) is 0 Å². The van der Waals surface area contributed by atoms with E-state index in [-0.39, 0.29) is 5.54 Å². The lowest BCUT2D eigenvalue weighted by atomic mass is 10.1. The molecule has 2 N–H and O–H groups in total. The lowest BCUT2D eigenvalue weighted by Crippen LogP contribution is -2.22. The van der Waals surface area contributed by atoms with Crippen LogP contribution in [0.5, 0.6) is 0 Å². The van der Waals surface area contributed by atoms with Gasteiger partial charge in [0.05, 0.1) is 0 Å². The van der Waals surface area contributed by atoms with Crippen molar-refractivity contribution in [1.29, 1.82) is 0 Å². The first kappa shape index (κ1) is 8.70. The van der Waals surface area contributed by atoms with Crippen LogP contribution < -0.4 is 5.73 Å². The van der Waals surface area contributed by atoms with Gasteiger partial charge in [-0.1, -0.05) is 0 Å². The van der Waals surface area contributed by atoms with Crippen molar-refractivity contribution in [2.24, 2.45) is 5.73 Å². The summed E-state index contributed by atoms with van der Waals surface area (Å²) >= 11 is 0. The van der Waals surface area contributed by atoms with E-state index in [0.717, 1.165) is 18.5 Å². The molecule has 0 amide bonds. The highest BCUT2D eigenvalue weighted by molar-refractivity contribution is 5.16. The normalized spacial score (nSPS) is 18.6. The van der Waals surface area contributed by atoms with Gasteiger partial charge in [0.15, 0.2) is 0 Å². The molecular formula is C11H16N2. The fourth-order valence-corrected chi connectivity index (χ4v) is 1.56. The van der Waals surface area contributed by atoms with Crippen LogP contribution in [0.15, 0.2) is 18.3 Å². The minimum absolute atomic E-state index is 0.178. The van der Waals surface area contributed by atoms with E-state index in [1.54, 1.807) is 0 Å². The highest BCUT2D eigenvalue weighted by Gasteiger charge is 2.37. The summed E-state index contributed by atoms with van der Waals surface area (Å²) in [7, 11) is 0. The Balaban J connectivity index is 1.94. The van der Waals surface area contributed by atoms with E-state index < -0.39 is 0 Å². The average molecular weight is 176 g/mol. The monoisotopic (exact) mass is 176 g/mol. The molecule has 0 atom stereocenters. The summed E-state index contributed by atoms with van der Waals surface area (Å²) in [6.45, 7) is 2.03. The lowest BCUT2D eigenvalue weighted by Gasteiger charge is -2.07. The van der Waals surface area contributed by atoms with E-state index in [1.165, 1.54) is 18.4 Å². The number of hydrogen-bond donors (Lipinski definition) is 1. The van der Waals surface area contributed by atoms with Crippen LogP contribution in [0.1, 0.15) is 30.5 Å². The zero-order valence-corrected chi connectivity index (χ0v) is 8.09. The van der Waals surface area contributed by atoms with Gasteiger partial charge in [-0.15, -0.1) is 0 Å². The Labute approximate surface area is 79.2 Å². The smallest absolute Gasteiger partial charge is 0.0375 e. The summed E-state index contributed by atoms with van der Waals surface area (Å²) in [5.41, 5.74) is 8.66. The maximum Gasteiger partial charge on any atom is 0.0375 e. The molecule has 1 aliphatic rings. The molecule has 2 nitrogen and oxygen atoms in total. The van der Waals surface area contributed by atoms with Crippen molar-refractivity contribution < 1.29 is 0 Å². The number of nitrogens with two attached hydrogens (primary N) is 1. The minimum Gasteiger partial charge on any atom is -0.325 e. The van der Waals surface area contributed by atoms with Crippen LogP contribution in [-0.4, -0.2) is 10.5 Å². The number of pyridine rings is 1. The van der Waals surface area contributed by atoms with Gasteiger partial charge >= 0.3 is 0 Å². The van der Waals surface area contributed by atoms with Crippen molar-refractivity contribution >= 4 is 0 Å².